The number of halogens is 2. The van der Waals surface area contributed by atoms with Crippen molar-refractivity contribution >= 4 is 64.1 Å². The van der Waals surface area contributed by atoms with Crippen molar-refractivity contribution in [1.82, 2.24) is 9.88 Å². The SMILES string of the molecule is Cc1cc(C=C2C(=O)NC(=S)N(c3cc(Cl)cc(Cl)c3)C2=O)c(C)n1C. The van der Waals surface area contributed by atoms with Gasteiger partial charge >= 0.3 is 0 Å². The lowest BCUT2D eigenvalue weighted by Gasteiger charge is -2.29. The van der Waals surface area contributed by atoms with Crippen molar-refractivity contribution in [3.05, 3.63) is 56.8 Å². The molecule has 1 aromatic heterocycles. The van der Waals surface area contributed by atoms with Crippen molar-refractivity contribution in [1.29, 1.82) is 0 Å². The minimum absolute atomic E-state index is 0.0107. The zero-order valence-corrected chi connectivity index (χ0v) is 16.6. The minimum Gasteiger partial charge on any atom is -0.352 e. The molecule has 0 spiro atoms. The molecule has 8 heteroatoms. The first-order chi connectivity index (χ1) is 12.2. The molecule has 1 aliphatic heterocycles. The van der Waals surface area contributed by atoms with Gasteiger partial charge in [-0.15, -0.1) is 0 Å². The first-order valence-electron chi connectivity index (χ1n) is 7.69. The van der Waals surface area contributed by atoms with Gasteiger partial charge < -0.3 is 4.57 Å². The van der Waals surface area contributed by atoms with Crippen molar-refractivity contribution in [3.8, 4) is 0 Å². The van der Waals surface area contributed by atoms with Gasteiger partial charge in [0.1, 0.15) is 5.57 Å². The molecule has 0 unspecified atom stereocenters. The van der Waals surface area contributed by atoms with Crippen molar-refractivity contribution < 1.29 is 9.59 Å². The van der Waals surface area contributed by atoms with Crippen molar-refractivity contribution in [3.63, 3.8) is 0 Å². The summed E-state index contributed by atoms with van der Waals surface area (Å²) in [6, 6.07) is 6.58. The maximum atomic E-state index is 13.0. The number of benzene rings is 1. The number of amides is 2. The van der Waals surface area contributed by atoms with E-state index in [1.165, 1.54) is 4.90 Å². The third-order valence-electron chi connectivity index (χ3n) is 4.32. The molecule has 1 aromatic carbocycles. The van der Waals surface area contributed by atoms with Crippen LogP contribution in [0.3, 0.4) is 0 Å². The molecular weight excluding hydrogens is 393 g/mol. The molecule has 1 aliphatic rings. The Balaban J connectivity index is 2.08. The summed E-state index contributed by atoms with van der Waals surface area (Å²) in [5.41, 5.74) is 3.14. The van der Waals surface area contributed by atoms with E-state index in [4.69, 9.17) is 35.4 Å². The molecule has 0 atom stereocenters. The standard InChI is InChI=1S/C18H15Cl2N3O2S/c1-9-4-11(10(2)22(9)3)5-15-16(24)21-18(26)23(17(15)25)14-7-12(19)6-13(20)8-14/h4-8H,1-3H3,(H,21,24,26). The van der Waals surface area contributed by atoms with Crippen LogP contribution in [-0.2, 0) is 16.6 Å². The average molecular weight is 408 g/mol. The molecular formula is C18H15Cl2N3O2S. The van der Waals surface area contributed by atoms with Crippen molar-refractivity contribution in [2.45, 2.75) is 13.8 Å². The molecule has 3 rings (SSSR count). The Morgan fingerprint density at radius 1 is 1.08 bits per heavy atom. The molecule has 0 saturated carbocycles. The smallest absolute Gasteiger partial charge is 0.270 e. The van der Waals surface area contributed by atoms with Crippen LogP contribution in [0, 0.1) is 13.8 Å². The first-order valence-corrected chi connectivity index (χ1v) is 8.86. The van der Waals surface area contributed by atoms with E-state index in [0.717, 1.165) is 17.0 Å². The zero-order valence-electron chi connectivity index (χ0n) is 14.3. The Kier molecular flexibility index (Phi) is 4.92. The van der Waals surface area contributed by atoms with Crippen LogP contribution < -0.4 is 10.2 Å². The van der Waals surface area contributed by atoms with Crippen LogP contribution in [-0.4, -0.2) is 21.5 Å². The number of thiocarbonyl (C=S) groups is 1. The summed E-state index contributed by atoms with van der Waals surface area (Å²) in [5, 5.41) is 3.25. The van der Waals surface area contributed by atoms with Crippen LogP contribution in [0.5, 0.6) is 0 Å². The molecule has 2 heterocycles. The molecule has 0 radical (unpaired) electrons. The third kappa shape index (κ3) is 3.28. The topological polar surface area (TPSA) is 54.3 Å². The summed E-state index contributed by atoms with van der Waals surface area (Å²) in [7, 11) is 1.92. The lowest BCUT2D eigenvalue weighted by Crippen LogP contribution is -2.54. The van der Waals surface area contributed by atoms with Crippen molar-refractivity contribution in [2.75, 3.05) is 4.90 Å². The highest BCUT2D eigenvalue weighted by Crippen LogP contribution is 2.29. The predicted octanol–water partition coefficient (Wildman–Crippen LogP) is 3.78. The van der Waals surface area contributed by atoms with Crippen LogP contribution >= 0.6 is 35.4 Å². The number of carbonyl (C=O) groups excluding carboxylic acids is 2. The van der Waals surface area contributed by atoms with Gasteiger partial charge in [-0.25, -0.2) is 0 Å². The van der Waals surface area contributed by atoms with E-state index >= 15 is 0 Å². The second kappa shape index (κ2) is 6.87. The number of aryl methyl sites for hydroxylation is 1. The van der Waals surface area contributed by atoms with E-state index in [2.05, 4.69) is 5.32 Å². The zero-order chi connectivity index (χ0) is 19.2. The molecule has 2 amide bonds. The van der Waals surface area contributed by atoms with Gasteiger partial charge in [0.2, 0.25) is 0 Å². The lowest BCUT2D eigenvalue weighted by molar-refractivity contribution is -0.122. The third-order valence-corrected chi connectivity index (χ3v) is 5.04. The highest BCUT2D eigenvalue weighted by molar-refractivity contribution is 7.80. The highest BCUT2D eigenvalue weighted by atomic mass is 35.5. The average Bonchev–Trinajstić information content (AvgIpc) is 2.77. The number of anilines is 1. The molecule has 1 saturated heterocycles. The Labute approximate surface area is 166 Å². The normalized spacial score (nSPS) is 16.4. The second-order valence-corrected chi connectivity index (χ2v) is 7.23. The maximum absolute atomic E-state index is 13.0. The first kappa shape index (κ1) is 18.6. The number of hydrogen-bond donors (Lipinski definition) is 1. The van der Waals surface area contributed by atoms with Gasteiger partial charge in [0.25, 0.3) is 11.8 Å². The molecule has 0 bridgehead atoms. The molecule has 1 N–H and O–H groups in total. The molecule has 0 aliphatic carbocycles. The van der Waals surface area contributed by atoms with Crippen LogP contribution in [0.15, 0.2) is 29.8 Å². The lowest BCUT2D eigenvalue weighted by atomic mass is 10.1. The van der Waals surface area contributed by atoms with E-state index in [1.807, 2.05) is 31.5 Å². The Bertz CT molecular complexity index is 974. The van der Waals surface area contributed by atoms with Gasteiger partial charge in [0.15, 0.2) is 5.11 Å². The minimum atomic E-state index is -0.537. The quantitative estimate of drug-likeness (QED) is 0.468. The summed E-state index contributed by atoms with van der Waals surface area (Å²) in [4.78, 5) is 26.6. The Morgan fingerprint density at radius 2 is 1.69 bits per heavy atom. The Morgan fingerprint density at radius 3 is 2.23 bits per heavy atom. The largest absolute Gasteiger partial charge is 0.352 e. The van der Waals surface area contributed by atoms with Gasteiger partial charge in [-0.3, -0.25) is 19.8 Å². The van der Waals surface area contributed by atoms with E-state index in [-0.39, 0.29) is 10.7 Å². The number of carbonyl (C=O) groups is 2. The molecule has 134 valence electrons. The summed E-state index contributed by atoms with van der Waals surface area (Å²) < 4.78 is 1.98. The van der Waals surface area contributed by atoms with Crippen LogP contribution in [0.4, 0.5) is 5.69 Å². The van der Waals surface area contributed by atoms with E-state index in [1.54, 1.807) is 24.3 Å². The van der Waals surface area contributed by atoms with Gasteiger partial charge in [-0.1, -0.05) is 23.2 Å². The summed E-state index contributed by atoms with van der Waals surface area (Å²) >= 11 is 17.2. The summed E-state index contributed by atoms with van der Waals surface area (Å²) in [6.45, 7) is 3.87. The second-order valence-electron chi connectivity index (χ2n) is 5.97. The number of nitrogens with zero attached hydrogens (tertiary/aromatic N) is 2. The Hall–Kier alpha value is -2.15. The summed E-state index contributed by atoms with van der Waals surface area (Å²) in [5.74, 6) is -1.07. The number of hydrogen-bond acceptors (Lipinski definition) is 3. The number of nitrogens with one attached hydrogen (secondary N) is 1. The number of rotatable bonds is 2. The molecule has 1 fully saturated rings. The van der Waals surface area contributed by atoms with Crippen LogP contribution in [0.25, 0.3) is 6.08 Å². The highest BCUT2D eigenvalue weighted by Gasteiger charge is 2.35. The fourth-order valence-corrected chi connectivity index (χ4v) is 3.54. The fraction of sp³-hybridized carbons (Fsp3) is 0.167. The van der Waals surface area contributed by atoms with Crippen LogP contribution in [0.1, 0.15) is 17.0 Å². The van der Waals surface area contributed by atoms with Gasteiger partial charge in [0, 0.05) is 28.5 Å². The van der Waals surface area contributed by atoms with Gasteiger partial charge in [-0.2, -0.15) is 0 Å². The van der Waals surface area contributed by atoms with Crippen molar-refractivity contribution in [2.24, 2.45) is 7.05 Å². The van der Waals surface area contributed by atoms with Gasteiger partial charge in [0.05, 0.1) is 5.69 Å². The van der Waals surface area contributed by atoms with Gasteiger partial charge in [-0.05, 0) is 62.0 Å². The summed E-state index contributed by atoms with van der Waals surface area (Å²) in [6.07, 6.45) is 1.57. The van der Waals surface area contributed by atoms with E-state index < -0.39 is 11.8 Å². The predicted molar refractivity (Wildman–Crippen MR) is 108 cm³/mol. The monoisotopic (exact) mass is 407 g/mol. The van der Waals surface area contributed by atoms with Crippen LogP contribution in [0.2, 0.25) is 10.0 Å². The number of aromatic nitrogens is 1. The maximum Gasteiger partial charge on any atom is 0.270 e. The molecule has 5 nitrogen and oxygen atoms in total. The molecule has 2 aromatic rings. The van der Waals surface area contributed by atoms with E-state index in [9.17, 15) is 9.59 Å². The molecule has 26 heavy (non-hydrogen) atoms. The van der Waals surface area contributed by atoms with E-state index in [0.29, 0.717) is 15.7 Å². The fourth-order valence-electron chi connectivity index (χ4n) is 2.75.